The SMILES string of the molecule is C[C@H](NC(=O)OCc1ccccc1)C(=O)N1CO[C@@H](OC(=O)N2CCOCC2)[C@@H]1Cc1ccccc1. The minimum atomic E-state index is -0.943. The lowest BCUT2D eigenvalue weighted by Gasteiger charge is -2.30. The number of morpholine rings is 1. The molecule has 0 aromatic heterocycles. The molecule has 0 radical (unpaired) electrons. The molecule has 0 unspecified atom stereocenters. The van der Waals surface area contributed by atoms with Crippen molar-refractivity contribution in [2.45, 2.75) is 38.3 Å². The second kappa shape index (κ2) is 12.4. The summed E-state index contributed by atoms with van der Waals surface area (Å²) in [7, 11) is 0. The van der Waals surface area contributed by atoms with Gasteiger partial charge in [-0.1, -0.05) is 60.7 Å². The maximum Gasteiger partial charge on any atom is 0.412 e. The van der Waals surface area contributed by atoms with Gasteiger partial charge in [-0.25, -0.2) is 9.59 Å². The smallest absolute Gasteiger partial charge is 0.412 e. The van der Waals surface area contributed by atoms with Crippen LogP contribution in [-0.4, -0.2) is 79.3 Å². The Balaban J connectivity index is 1.39. The quantitative estimate of drug-likeness (QED) is 0.627. The number of alkyl carbamates (subject to hydrolysis) is 1. The molecule has 0 saturated carbocycles. The zero-order chi connectivity index (χ0) is 25.3. The number of amides is 3. The van der Waals surface area contributed by atoms with Crippen molar-refractivity contribution >= 4 is 18.1 Å². The maximum atomic E-state index is 13.3. The molecule has 10 heteroatoms. The van der Waals surface area contributed by atoms with Gasteiger partial charge >= 0.3 is 12.2 Å². The summed E-state index contributed by atoms with van der Waals surface area (Å²) in [5.74, 6) is -0.363. The van der Waals surface area contributed by atoms with Crippen LogP contribution >= 0.6 is 0 Å². The summed E-state index contributed by atoms with van der Waals surface area (Å²) in [6, 6.07) is 17.4. The normalized spacial score (nSPS) is 20.5. The zero-order valence-corrected chi connectivity index (χ0v) is 20.2. The summed E-state index contributed by atoms with van der Waals surface area (Å²) in [5, 5.41) is 2.58. The monoisotopic (exact) mass is 497 g/mol. The molecule has 0 spiro atoms. The van der Waals surface area contributed by atoms with Crippen molar-refractivity contribution in [2.24, 2.45) is 0 Å². The topological polar surface area (TPSA) is 107 Å². The molecule has 2 saturated heterocycles. The molecule has 10 nitrogen and oxygen atoms in total. The first kappa shape index (κ1) is 25.5. The molecule has 2 aromatic carbocycles. The van der Waals surface area contributed by atoms with Gasteiger partial charge in [0.25, 0.3) is 0 Å². The molecule has 2 heterocycles. The Bertz CT molecular complexity index is 1010. The predicted octanol–water partition coefficient (Wildman–Crippen LogP) is 2.52. The zero-order valence-electron chi connectivity index (χ0n) is 20.2. The predicted molar refractivity (Wildman–Crippen MR) is 129 cm³/mol. The van der Waals surface area contributed by atoms with E-state index in [4.69, 9.17) is 18.9 Å². The molecular weight excluding hydrogens is 466 g/mol. The largest absolute Gasteiger partial charge is 0.445 e. The fourth-order valence-electron chi connectivity index (χ4n) is 4.08. The van der Waals surface area contributed by atoms with Crippen LogP contribution in [0.25, 0.3) is 0 Å². The first-order valence-electron chi connectivity index (χ1n) is 12.0. The van der Waals surface area contributed by atoms with Gasteiger partial charge in [0.2, 0.25) is 12.2 Å². The van der Waals surface area contributed by atoms with E-state index in [1.54, 1.807) is 11.8 Å². The molecule has 2 fully saturated rings. The van der Waals surface area contributed by atoms with E-state index in [2.05, 4.69) is 5.32 Å². The van der Waals surface area contributed by atoms with Crippen LogP contribution in [0.4, 0.5) is 9.59 Å². The van der Waals surface area contributed by atoms with Gasteiger partial charge < -0.3 is 34.1 Å². The van der Waals surface area contributed by atoms with E-state index < -0.39 is 30.6 Å². The van der Waals surface area contributed by atoms with Gasteiger partial charge in [0.15, 0.2) is 0 Å². The van der Waals surface area contributed by atoms with Crippen LogP contribution in [0.5, 0.6) is 0 Å². The van der Waals surface area contributed by atoms with E-state index in [1.165, 1.54) is 4.90 Å². The summed E-state index contributed by atoms with van der Waals surface area (Å²) in [5.41, 5.74) is 1.80. The van der Waals surface area contributed by atoms with Crippen molar-refractivity contribution in [3.63, 3.8) is 0 Å². The van der Waals surface area contributed by atoms with Crippen LogP contribution in [0.1, 0.15) is 18.1 Å². The van der Waals surface area contributed by atoms with Crippen molar-refractivity contribution < 1.29 is 33.3 Å². The van der Waals surface area contributed by atoms with Gasteiger partial charge in [-0.2, -0.15) is 0 Å². The van der Waals surface area contributed by atoms with E-state index in [-0.39, 0.29) is 19.2 Å². The van der Waals surface area contributed by atoms with Gasteiger partial charge in [0.05, 0.1) is 13.2 Å². The van der Waals surface area contributed by atoms with E-state index in [9.17, 15) is 14.4 Å². The van der Waals surface area contributed by atoms with Crippen LogP contribution in [0.2, 0.25) is 0 Å². The summed E-state index contributed by atoms with van der Waals surface area (Å²) in [6.45, 7) is 3.37. The van der Waals surface area contributed by atoms with E-state index in [0.29, 0.717) is 32.7 Å². The molecule has 3 amide bonds. The Hall–Kier alpha value is -3.63. The van der Waals surface area contributed by atoms with Gasteiger partial charge in [0, 0.05) is 13.1 Å². The Kier molecular flexibility index (Phi) is 8.75. The van der Waals surface area contributed by atoms with Crippen LogP contribution in [0.15, 0.2) is 60.7 Å². The third-order valence-electron chi connectivity index (χ3n) is 6.07. The fourth-order valence-corrected chi connectivity index (χ4v) is 4.08. The van der Waals surface area contributed by atoms with Crippen LogP contribution in [0, 0.1) is 0 Å². The van der Waals surface area contributed by atoms with Crippen LogP contribution in [-0.2, 0) is 36.8 Å². The molecule has 0 aliphatic carbocycles. The molecule has 3 atom stereocenters. The number of rotatable bonds is 7. The second-order valence-electron chi connectivity index (χ2n) is 8.64. The fraction of sp³-hybridized carbons (Fsp3) is 0.423. The molecule has 1 N–H and O–H groups in total. The lowest BCUT2D eigenvalue weighted by atomic mass is 10.0. The maximum absolute atomic E-state index is 13.3. The minimum absolute atomic E-state index is 0.0670. The second-order valence-corrected chi connectivity index (χ2v) is 8.64. The van der Waals surface area contributed by atoms with Gasteiger partial charge in [0.1, 0.15) is 25.4 Å². The number of benzene rings is 2. The Morgan fingerprint density at radius 3 is 2.31 bits per heavy atom. The van der Waals surface area contributed by atoms with Gasteiger partial charge in [-0.3, -0.25) is 4.79 Å². The Morgan fingerprint density at radius 1 is 1.00 bits per heavy atom. The number of carbonyl (C=O) groups excluding carboxylic acids is 3. The molecule has 2 aromatic rings. The minimum Gasteiger partial charge on any atom is -0.445 e. The first-order valence-corrected chi connectivity index (χ1v) is 12.0. The highest BCUT2D eigenvalue weighted by Crippen LogP contribution is 2.24. The molecule has 2 aliphatic heterocycles. The summed E-state index contributed by atoms with van der Waals surface area (Å²) < 4.78 is 21.9. The highest BCUT2D eigenvalue weighted by atomic mass is 16.7. The van der Waals surface area contributed by atoms with Crippen molar-refractivity contribution in [1.29, 1.82) is 0 Å². The summed E-state index contributed by atoms with van der Waals surface area (Å²) >= 11 is 0. The van der Waals surface area contributed by atoms with Crippen LogP contribution in [0.3, 0.4) is 0 Å². The van der Waals surface area contributed by atoms with Crippen LogP contribution < -0.4 is 5.32 Å². The number of hydrogen-bond acceptors (Lipinski definition) is 7. The third kappa shape index (κ3) is 6.73. The lowest BCUT2D eigenvalue weighted by Crippen LogP contribution is -2.51. The van der Waals surface area contributed by atoms with E-state index >= 15 is 0 Å². The molecule has 2 aliphatic rings. The number of nitrogens with zero attached hydrogens (tertiary/aromatic N) is 2. The van der Waals surface area contributed by atoms with Crippen molar-refractivity contribution in [1.82, 2.24) is 15.1 Å². The Labute approximate surface area is 210 Å². The first-order chi connectivity index (χ1) is 17.5. The molecule has 36 heavy (non-hydrogen) atoms. The highest BCUT2D eigenvalue weighted by molar-refractivity contribution is 5.85. The molecular formula is C26H31N3O7. The number of nitrogens with one attached hydrogen (secondary N) is 1. The summed E-state index contributed by atoms with van der Waals surface area (Å²) in [6.07, 6.45) is -1.73. The van der Waals surface area contributed by atoms with E-state index in [1.807, 2.05) is 60.7 Å². The van der Waals surface area contributed by atoms with Gasteiger partial charge in [-0.15, -0.1) is 0 Å². The lowest BCUT2D eigenvalue weighted by molar-refractivity contribution is -0.135. The molecule has 0 bridgehead atoms. The average Bonchev–Trinajstić information content (AvgIpc) is 3.30. The van der Waals surface area contributed by atoms with Crippen molar-refractivity contribution in [3.05, 3.63) is 71.8 Å². The third-order valence-corrected chi connectivity index (χ3v) is 6.07. The summed E-state index contributed by atoms with van der Waals surface area (Å²) in [4.78, 5) is 41.3. The molecule has 4 rings (SSSR count). The molecule has 192 valence electrons. The number of carbonyl (C=O) groups is 3. The Morgan fingerprint density at radius 2 is 1.64 bits per heavy atom. The van der Waals surface area contributed by atoms with E-state index in [0.717, 1.165) is 11.1 Å². The van der Waals surface area contributed by atoms with Crippen molar-refractivity contribution in [3.8, 4) is 0 Å². The average molecular weight is 498 g/mol. The number of hydrogen-bond donors (Lipinski definition) is 1. The van der Waals surface area contributed by atoms with Gasteiger partial charge in [-0.05, 0) is 24.5 Å². The highest BCUT2D eigenvalue weighted by Gasteiger charge is 2.42. The van der Waals surface area contributed by atoms with Crippen molar-refractivity contribution in [2.75, 3.05) is 33.0 Å². The standard InChI is InChI=1S/C26H31N3O7/c1-19(27-25(31)34-17-21-10-6-3-7-11-21)23(30)29-18-35-24(22(29)16-20-8-4-2-5-9-20)36-26(32)28-12-14-33-15-13-28/h2-11,19,22,24H,12-18H2,1H3,(H,27,31)/t19-,22-,24-/m0/s1. The number of ether oxygens (including phenoxy) is 4.